The lowest BCUT2D eigenvalue weighted by atomic mass is 10.1. The first-order valence-electron chi connectivity index (χ1n) is 8.12. The number of methoxy groups -OCH3 is 1. The summed E-state index contributed by atoms with van der Waals surface area (Å²) >= 11 is 0. The topological polar surface area (TPSA) is 100 Å². The largest absolute Gasteiger partial charge is 0.504 e. The van der Waals surface area contributed by atoms with Gasteiger partial charge >= 0.3 is 0 Å². The Bertz CT molecular complexity index is 1180. The maximum atomic E-state index is 12.8. The fourth-order valence-corrected chi connectivity index (χ4v) is 3.03. The summed E-state index contributed by atoms with van der Waals surface area (Å²) in [5.74, 6) is 0.368. The van der Waals surface area contributed by atoms with Crippen molar-refractivity contribution in [1.82, 2.24) is 14.5 Å². The van der Waals surface area contributed by atoms with E-state index in [-0.39, 0.29) is 17.1 Å². The summed E-state index contributed by atoms with van der Waals surface area (Å²) < 4.78 is 6.74. The molecular formula is C19H17N3O4. The van der Waals surface area contributed by atoms with Gasteiger partial charge in [0, 0.05) is 18.0 Å². The predicted octanol–water partition coefficient (Wildman–Crippen LogP) is 2.54. The number of aromatic amines is 1. The van der Waals surface area contributed by atoms with E-state index in [2.05, 4.69) is 9.97 Å². The molecule has 7 heteroatoms. The van der Waals surface area contributed by atoms with E-state index in [9.17, 15) is 15.0 Å². The first-order chi connectivity index (χ1) is 12.6. The van der Waals surface area contributed by atoms with Crippen LogP contribution in [-0.2, 0) is 13.0 Å². The monoisotopic (exact) mass is 351 g/mol. The Morgan fingerprint density at radius 2 is 2.00 bits per heavy atom. The molecule has 0 spiro atoms. The Kier molecular flexibility index (Phi) is 3.76. The molecule has 0 bridgehead atoms. The van der Waals surface area contributed by atoms with Gasteiger partial charge in [0.2, 0.25) is 0 Å². The second-order valence-electron chi connectivity index (χ2n) is 6.08. The van der Waals surface area contributed by atoms with Crippen molar-refractivity contribution < 1.29 is 14.9 Å². The number of rotatable bonds is 4. The highest BCUT2D eigenvalue weighted by atomic mass is 16.5. The smallest absolute Gasteiger partial charge is 0.277 e. The van der Waals surface area contributed by atoms with E-state index in [1.54, 1.807) is 13.2 Å². The number of hydrogen-bond acceptors (Lipinski definition) is 5. The van der Waals surface area contributed by atoms with Crippen LogP contribution in [0.15, 0.2) is 47.5 Å². The molecule has 2 heterocycles. The summed E-state index contributed by atoms with van der Waals surface area (Å²) in [6.45, 7) is 0.407. The summed E-state index contributed by atoms with van der Waals surface area (Å²) in [7, 11) is 1.59. The normalized spacial score (nSPS) is 11.3. The zero-order valence-electron chi connectivity index (χ0n) is 14.1. The Hall–Kier alpha value is -3.48. The third-order valence-electron chi connectivity index (χ3n) is 4.46. The molecule has 7 nitrogen and oxygen atoms in total. The van der Waals surface area contributed by atoms with E-state index in [1.807, 2.05) is 18.2 Å². The Morgan fingerprint density at radius 3 is 2.77 bits per heavy atom. The van der Waals surface area contributed by atoms with Gasteiger partial charge in [-0.1, -0.05) is 6.07 Å². The van der Waals surface area contributed by atoms with E-state index in [1.165, 1.54) is 23.0 Å². The number of H-pyrrole nitrogens is 1. The summed E-state index contributed by atoms with van der Waals surface area (Å²) in [4.78, 5) is 20.3. The Labute approximate surface area is 148 Å². The van der Waals surface area contributed by atoms with Crippen LogP contribution in [-0.4, -0.2) is 31.9 Å². The molecule has 3 N–H and O–H groups in total. The quantitative estimate of drug-likeness (QED) is 0.491. The number of nitrogens with one attached hydrogen (secondary N) is 1. The minimum Gasteiger partial charge on any atom is -0.504 e. The van der Waals surface area contributed by atoms with Crippen LogP contribution >= 0.6 is 0 Å². The zero-order chi connectivity index (χ0) is 18.3. The van der Waals surface area contributed by atoms with Crippen molar-refractivity contribution in [3.8, 4) is 17.2 Å². The summed E-state index contributed by atoms with van der Waals surface area (Å²) in [6.07, 6.45) is 2.05. The number of aryl methyl sites for hydroxylation is 2. The van der Waals surface area contributed by atoms with E-state index in [4.69, 9.17) is 4.74 Å². The van der Waals surface area contributed by atoms with Gasteiger partial charge in [0.05, 0.1) is 19.0 Å². The molecule has 4 rings (SSSR count). The number of benzene rings is 2. The van der Waals surface area contributed by atoms with Crippen LogP contribution in [0, 0.1) is 0 Å². The second kappa shape index (κ2) is 6.11. The molecule has 0 aliphatic rings. The molecule has 0 unspecified atom stereocenters. The average Bonchev–Trinajstić information content (AvgIpc) is 3.02. The summed E-state index contributed by atoms with van der Waals surface area (Å²) in [6, 6.07) is 10.2. The molecular weight excluding hydrogens is 334 g/mol. The Morgan fingerprint density at radius 1 is 1.15 bits per heavy atom. The summed E-state index contributed by atoms with van der Waals surface area (Å²) in [5, 5.41) is 19.8. The van der Waals surface area contributed by atoms with Crippen molar-refractivity contribution >= 4 is 21.9 Å². The van der Waals surface area contributed by atoms with Gasteiger partial charge in [-0.15, -0.1) is 0 Å². The summed E-state index contributed by atoms with van der Waals surface area (Å²) in [5.41, 5.74) is 2.53. The first-order valence-corrected chi connectivity index (χ1v) is 8.12. The predicted molar refractivity (Wildman–Crippen MR) is 97.9 cm³/mol. The maximum Gasteiger partial charge on any atom is 0.277 e. The number of hydrogen-bond donors (Lipinski definition) is 3. The van der Waals surface area contributed by atoms with Crippen LogP contribution in [0.5, 0.6) is 17.2 Å². The van der Waals surface area contributed by atoms with Gasteiger partial charge in [-0.05, 0) is 36.2 Å². The molecule has 0 saturated heterocycles. The zero-order valence-corrected chi connectivity index (χ0v) is 14.1. The number of fused-ring (bicyclic) bond motifs is 3. The number of phenols is 2. The standard InChI is InChI=1S/C19H17N3O4/c1-26-12-3-4-13-14(9-12)21-18-17(13)20-10-22(19(18)25)7-6-11-2-5-15(23)16(24)8-11/h2-5,8-10,21,23-24H,6-7H2,1H3. The molecule has 132 valence electrons. The number of aromatic hydroxyl groups is 2. The lowest BCUT2D eigenvalue weighted by molar-refractivity contribution is 0.403. The van der Waals surface area contributed by atoms with Crippen molar-refractivity contribution in [2.75, 3.05) is 7.11 Å². The first kappa shape index (κ1) is 16.0. The highest BCUT2D eigenvalue weighted by Crippen LogP contribution is 2.26. The third kappa shape index (κ3) is 2.63. The van der Waals surface area contributed by atoms with Crippen molar-refractivity contribution in [1.29, 1.82) is 0 Å². The van der Waals surface area contributed by atoms with E-state index >= 15 is 0 Å². The van der Waals surface area contributed by atoms with Gasteiger partial charge in [0.15, 0.2) is 11.5 Å². The molecule has 0 saturated carbocycles. The van der Waals surface area contributed by atoms with E-state index in [0.29, 0.717) is 29.7 Å². The van der Waals surface area contributed by atoms with E-state index in [0.717, 1.165) is 16.5 Å². The van der Waals surface area contributed by atoms with Crippen LogP contribution < -0.4 is 10.3 Å². The highest BCUT2D eigenvalue weighted by molar-refractivity contribution is 6.04. The number of nitrogens with zero attached hydrogens (tertiary/aromatic N) is 2. The molecule has 0 amide bonds. The van der Waals surface area contributed by atoms with E-state index < -0.39 is 0 Å². The van der Waals surface area contributed by atoms with Crippen molar-refractivity contribution in [2.45, 2.75) is 13.0 Å². The Balaban J connectivity index is 1.69. The lowest BCUT2D eigenvalue weighted by Gasteiger charge is -2.06. The molecule has 0 atom stereocenters. The highest BCUT2D eigenvalue weighted by Gasteiger charge is 2.12. The van der Waals surface area contributed by atoms with Crippen molar-refractivity contribution in [3.05, 3.63) is 58.6 Å². The van der Waals surface area contributed by atoms with Gasteiger partial charge < -0.3 is 19.9 Å². The molecule has 2 aromatic heterocycles. The SMILES string of the molecule is COc1ccc2c(c1)[nH]c1c(=O)n(CCc3ccc(O)c(O)c3)cnc12. The molecule has 0 fully saturated rings. The second-order valence-corrected chi connectivity index (χ2v) is 6.08. The van der Waals surface area contributed by atoms with Gasteiger partial charge in [0.25, 0.3) is 5.56 Å². The van der Waals surface area contributed by atoms with Crippen LogP contribution in [0.25, 0.3) is 21.9 Å². The number of ether oxygens (including phenoxy) is 1. The van der Waals surface area contributed by atoms with Gasteiger partial charge in [0.1, 0.15) is 16.8 Å². The fraction of sp³-hybridized carbons (Fsp3) is 0.158. The van der Waals surface area contributed by atoms with Crippen LogP contribution in [0.1, 0.15) is 5.56 Å². The van der Waals surface area contributed by atoms with Crippen LogP contribution in [0.2, 0.25) is 0 Å². The van der Waals surface area contributed by atoms with Crippen LogP contribution in [0.3, 0.4) is 0 Å². The lowest BCUT2D eigenvalue weighted by Crippen LogP contribution is -2.21. The minimum atomic E-state index is -0.173. The van der Waals surface area contributed by atoms with Crippen LogP contribution in [0.4, 0.5) is 0 Å². The third-order valence-corrected chi connectivity index (χ3v) is 4.46. The number of phenolic OH excluding ortho intramolecular Hbond substituents is 2. The minimum absolute atomic E-state index is 0.159. The van der Waals surface area contributed by atoms with Crippen molar-refractivity contribution in [3.63, 3.8) is 0 Å². The van der Waals surface area contributed by atoms with Gasteiger partial charge in [-0.3, -0.25) is 9.36 Å². The molecule has 0 radical (unpaired) electrons. The average molecular weight is 351 g/mol. The fourth-order valence-electron chi connectivity index (χ4n) is 3.03. The molecule has 4 aromatic rings. The van der Waals surface area contributed by atoms with Gasteiger partial charge in [-0.25, -0.2) is 4.98 Å². The molecule has 0 aliphatic carbocycles. The molecule has 2 aromatic carbocycles. The molecule has 26 heavy (non-hydrogen) atoms. The number of aromatic nitrogens is 3. The molecule has 0 aliphatic heterocycles. The maximum absolute atomic E-state index is 12.8. The van der Waals surface area contributed by atoms with Crippen molar-refractivity contribution in [2.24, 2.45) is 0 Å². The van der Waals surface area contributed by atoms with Gasteiger partial charge in [-0.2, -0.15) is 0 Å².